The van der Waals surface area contributed by atoms with Gasteiger partial charge in [-0.05, 0) is 35.1 Å². The van der Waals surface area contributed by atoms with Gasteiger partial charge in [-0.1, -0.05) is 60.7 Å². The first-order chi connectivity index (χ1) is 14.2. The molecule has 1 spiro atoms. The summed E-state index contributed by atoms with van der Waals surface area (Å²) >= 11 is 0. The molecule has 4 atom stereocenters. The van der Waals surface area contributed by atoms with E-state index in [9.17, 15) is 10.2 Å². The maximum atomic E-state index is 10.9. The van der Waals surface area contributed by atoms with Crippen molar-refractivity contribution in [1.29, 1.82) is 0 Å². The highest BCUT2D eigenvalue weighted by molar-refractivity contribution is 5.59. The maximum absolute atomic E-state index is 10.9. The molecule has 5 rings (SSSR count). The summed E-state index contributed by atoms with van der Waals surface area (Å²) in [7, 11) is 0. The number of hydrogen-bond donors (Lipinski definition) is 2. The summed E-state index contributed by atoms with van der Waals surface area (Å²) in [6.07, 6.45) is 1.41. The molecule has 2 aliphatic rings. The van der Waals surface area contributed by atoms with E-state index in [0.29, 0.717) is 6.54 Å². The van der Waals surface area contributed by atoms with Gasteiger partial charge in [0.2, 0.25) is 0 Å². The third kappa shape index (κ3) is 3.18. The number of likely N-dealkylation sites (tertiary alicyclic amines) is 1. The van der Waals surface area contributed by atoms with E-state index in [1.807, 2.05) is 42.6 Å². The molecular weight excluding hydrogens is 360 g/mol. The smallest absolute Gasteiger partial charge is 0.0745 e. The van der Waals surface area contributed by atoms with Crippen LogP contribution in [-0.2, 0) is 6.54 Å². The number of pyridine rings is 1. The Morgan fingerprint density at radius 2 is 1.72 bits per heavy atom. The molecule has 2 heterocycles. The molecule has 1 aliphatic heterocycles. The lowest BCUT2D eigenvalue weighted by molar-refractivity contribution is 0.111. The van der Waals surface area contributed by atoms with Crippen LogP contribution in [0.25, 0.3) is 11.3 Å². The normalized spacial score (nSPS) is 28.7. The van der Waals surface area contributed by atoms with Crippen LogP contribution < -0.4 is 0 Å². The van der Waals surface area contributed by atoms with Crippen molar-refractivity contribution in [3.8, 4) is 11.3 Å². The van der Waals surface area contributed by atoms with Gasteiger partial charge in [-0.15, -0.1) is 0 Å². The van der Waals surface area contributed by atoms with Crippen molar-refractivity contribution in [3.05, 3.63) is 90.1 Å². The van der Waals surface area contributed by atoms with Crippen molar-refractivity contribution in [1.82, 2.24) is 9.88 Å². The molecule has 2 N–H and O–H groups in total. The minimum absolute atomic E-state index is 0.128. The third-order valence-corrected chi connectivity index (χ3v) is 6.79. The highest BCUT2D eigenvalue weighted by Gasteiger charge is 2.70. The molecule has 1 saturated carbocycles. The van der Waals surface area contributed by atoms with Crippen LogP contribution in [0, 0.1) is 11.3 Å². The second kappa shape index (κ2) is 7.38. The van der Waals surface area contributed by atoms with Gasteiger partial charge in [0.05, 0.1) is 11.8 Å². The van der Waals surface area contributed by atoms with E-state index in [2.05, 4.69) is 46.3 Å². The van der Waals surface area contributed by atoms with Crippen LogP contribution in [0.3, 0.4) is 0 Å². The molecule has 0 radical (unpaired) electrons. The Bertz CT molecular complexity index is 961. The summed E-state index contributed by atoms with van der Waals surface area (Å²) in [5.74, 6) is 0.372. The van der Waals surface area contributed by atoms with Gasteiger partial charge >= 0.3 is 0 Å². The van der Waals surface area contributed by atoms with E-state index in [-0.39, 0.29) is 23.9 Å². The Hall–Kier alpha value is -2.53. The van der Waals surface area contributed by atoms with Crippen molar-refractivity contribution >= 4 is 0 Å². The quantitative estimate of drug-likeness (QED) is 0.706. The van der Waals surface area contributed by atoms with Gasteiger partial charge in [0, 0.05) is 43.4 Å². The number of benzene rings is 2. The molecule has 3 aromatic rings. The van der Waals surface area contributed by atoms with Crippen LogP contribution in [-0.4, -0.2) is 45.9 Å². The topological polar surface area (TPSA) is 56.6 Å². The number of rotatable bonds is 5. The fraction of sp³-hybridized carbons (Fsp3) is 0.320. The molecular formula is C25H26N2O2. The maximum Gasteiger partial charge on any atom is 0.0745 e. The molecule has 4 heteroatoms. The SMILES string of the molecule is OC[C@@H]1[C@@H](c2ccccc2)[C@]12CN(Cc1ccc(-c3ccccn3)cc1)C[C@H]2O. The Morgan fingerprint density at radius 3 is 2.41 bits per heavy atom. The average molecular weight is 386 g/mol. The van der Waals surface area contributed by atoms with Crippen molar-refractivity contribution in [2.75, 3.05) is 19.7 Å². The summed E-state index contributed by atoms with van der Waals surface area (Å²) in [5.41, 5.74) is 4.32. The molecule has 0 bridgehead atoms. The zero-order chi connectivity index (χ0) is 19.8. The van der Waals surface area contributed by atoms with Gasteiger partial charge in [0.1, 0.15) is 0 Å². The lowest BCUT2D eigenvalue weighted by Gasteiger charge is -2.17. The molecule has 4 nitrogen and oxygen atoms in total. The molecule has 1 aromatic heterocycles. The van der Waals surface area contributed by atoms with Crippen molar-refractivity contribution in [2.24, 2.45) is 11.3 Å². The van der Waals surface area contributed by atoms with Gasteiger partial charge in [-0.2, -0.15) is 0 Å². The fourth-order valence-electron chi connectivity index (χ4n) is 5.35. The van der Waals surface area contributed by atoms with Crippen LogP contribution in [0.5, 0.6) is 0 Å². The highest BCUT2D eigenvalue weighted by atomic mass is 16.3. The molecule has 2 fully saturated rings. The van der Waals surface area contributed by atoms with Crippen LogP contribution in [0.2, 0.25) is 0 Å². The standard InChI is InChI=1S/C25H26N2O2/c28-16-21-24(20-6-2-1-3-7-20)25(21)17-27(15-23(25)29)14-18-9-11-19(12-10-18)22-8-4-5-13-26-22/h1-13,21,23-24,28-29H,14-17H2/t21-,23-,24-,25-/m1/s1. The summed E-state index contributed by atoms with van der Waals surface area (Å²) in [6, 6.07) is 24.8. The summed E-state index contributed by atoms with van der Waals surface area (Å²) < 4.78 is 0. The molecule has 29 heavy (non-hydrogen) atoms. The molecule has 1 aliphatic carbocycles. The Kier molecular flexibility index (Phi) is 4.70. The Balaban J connectivity index is 1.30. The lowest BCUT2D eigenvalue weighted by atomic mass is 9.95. The van der Waals surface area contributed by atoms with Crippen molar-refractivity contribution in [2.45, 2.75) is 18.6 Å². The second-order valence-electron chi connectivity index (χ2n) is 8.39. The van der Waals surface area contributed by atoms with E-state index in [4.69, 9.17) is 0 Å². The molecule has 2 aromatic carbocycles. The van der Waals surface area contributed by atoms with E-state index in [1.165, 1.54) is 11.1 Å². The molecule has 1 saturated heterocycles. The molecule has 0 unspecified atom stereocenters. The van der Waals surface area contributed by atoms with Crippen molar-refractivity contribution in [3.63, 3.8) is 0 Å². The minimum Gasteiger partial charge on any atom is -0.396 e. The van der Waals surface area contributed by atoms with E-state index >= 15 is 0 Å². The average Bonchev–Trinajstić information content (AvgIpc) is 3.32. The third-order valence-electron chi connectivity index (χ3n) is 6.79. The minimum atomic E-state index is -0.405. The monoisotopic (exact) mass is 386 g/mol. The van der Waals surface area contributed by atoms with Crippen LogP contribution in [0.1, 0.15) is 17.0 Å². The predicted octanol–water partition coefficient (Wildman–Crippen LogP) is 3.32. The highest BCUT2D eigenvalue weighted by Crippen LogP contribution is 2.68. The number of aliphatic hydroxyl groups is 2. The van der Waals surface area contributed by atoms with Gasteiger partial charge in [0.15, 0.2) is 0 Å². The zero-order valence-corrected chi connectivity index (χ0v) is 16.4. The number of hydrogen-bond acceptors (Lipinski definition) is 4. The van der Waals surface area contributed by atoms with Crippen LogP contribution in [0.4, 0.5) is 0 Å². The predicted molar refractivity (Wildman–Crippen MR) is 113 cm³/mol. The summed E-state index contributed by atoms with van der Waals surface area (Å²) in [5, 5.41) is 20.9. The summed E-state index contributed by atoms with van der Waals surface area (Å²) in [6.45, 7) is 2.41. The zero-order valence-electron chi connectivity index (χ0n) is 16.4. The lowest BCUT2D eigenvalue weighted by Crippen LogP contribution is -2.23. The molecule has 0 amide bonds. The number of aliphatic hydroxyl groups excluding tert-OH is 2. The number of nitrogens with zero attached hydrogens (tertiary/aromatic N) is 2. The van der Waals surface area contributed by atoms with Crippen molar-refractivity contribution < 1.29 is 10.2 Å². The number of aromatic nitrogens is 1. The van der Waals surface area contributed by atoms with E-state index in [0.717, 1.165) is 24.3 Å². The first-order valence-electron chi connectivity index (χ1n) is 10.3. The summed E-state index contributed by atoms with van der Waals surface area (Å²) in [4.78, 5) is 6.73. The van der Waals surface area contributed by atoms with E-state index in [1.54, 1.807) is 0 Å². The first-order valence-corrected chi connectivity index (χ1v) is 10.3. The number of β-amino-alcohol motifs (C(OH)–C–C–N with tert-alkyl or cyclic N) is 1. The second-order valence-corrected chi connectivity index (χ2v) is 8.39. The first kappa shape index (κ1) is 18.5. The van der Waals surface area contributed by atoms with Crippen LogP contribution in [0.15, 0.2) is 79.0 Å². The van der Waals surface area contributed by atoms with Crippen LogP contribution >= 0.6 is 0 Å². The van der Waals surface area contributed by atoms with Gasteiger partial charge in [0.25, 0.3) is 0 Å². The fourth-order valence-corrected chi connectivity index (χ4v) is 5.35. The van der Waals surface area contributed by atoms with Gasteiger partial charge in [-0.3, -0.25) is 9.88 Å². The largest absolute Gasteiger partial charge is 0.396 e. The molecule has 148 valence electrons. The van der Waals surface area contributed by atoms with E-state index < -0.39 is 6.10 Å². The Labute approximate surface area is 171 Å². The van der Waals surface area contributed by atoms with Gasteiger partial charge in [-0.25, -0.2) is 0 Å². The van der Waals surface area contributed by atoms with Gasteiger partial charge < -0.3 is 10.2 Å². The Morgan fingerprint density at radius 1 is 0.966 bits per heavy atom.